The normalized spacial score (nSPS) is 16.9. The number of aromatic nitrogens is 1. The Bertz CT molecular complexity index is 974. The quantitative estimate of drug-likeness (QED) is 0.722. The van der Waals surface area contributed by atoms with Crippen LogP contribution in [0.4, 0.5) is 5.69 Å². The highest BCUT2D eigenvalue weighted by atomic mass is 32.2. The largest absolute Gasteiger partial charge is 0.369 e. The number of para-hydroxylation sites is 1. The van der Waals surface area contributed by atoms with Gasteiger partial charge < -0.3 is 15.1 Å². The molecule has 0 radical (unpaired) electrons. The molecule has 7 heteroatoms. The molecule has 2 heterocycles. The summed E-state index contributed by atoms with van der Waals surface area (Å²) in [7, 11) is 2.14. The second kappa shape index (κ2) is 9.07. The first kappa shape index (κ1) is 20.7. The maximum absolute atomic E-state index is 13.1. The van der Waals surface area contributed by atoms with Gasteiger partial charge in [-0.3, -0.25) is 4.79 Å². The Morgan fingerprint density at radius 2 is 2.00 bits per heavy atom. The fourth-order valence-electron chi connectivity index (χ4n) is 3.85. The molecule has 0 unspecified atom stereocenters. The van der Waals surface area contributed by atoms with Crippen molar-refractivity contribution in [2.75, 3.05) is 44.4 Å². The van der Waals surface area contributed by atoms with Gasteiger partial charge in [0.05, 0.1) is 11.1 Å². The van der Waals surface area contributed by atoms with E-state index >= 15 is 0 Å². The topological polar surface area (TPSA) is 72.3 Å². The van der Waals surface area contributed by atoms with Crippen molar-refractivity contribution in [3.63, 3.8) is 0 Å². The first-order valence-electron chi connectivity index (χ1n) is 10.4. The van der Waals surface area contributed by atoms with Crippen molar-refractivity contribution in [1.29, 1.82) is 5.26 Å². The van der Waals surface area contributed by atoms with E-state index in [0.717, 1.165) is 50.3 Å². The molecule has 1 saturated heterocycles. The average Bonchev–Trinajstić information content (AvgIpc) is 3.63. The van der Waals surface area contributed by atoms with Crippen molar-refractivity contribution < 1.29 is 4.79 Å². The van der Waals surface area contributed by atoms with E-state index in [9.17, 15) is 10.1 Å². The number of thioether (sulfide) groups is 1. The third-order valence-electron chi connectivity index (χ3n) is 5.83. The predicted molar refractivity (Wildman–Crippen MR) is 120 cm³/mol. The number of hydrogen-bond donors (Lipinski definition) is 1. The molecule has 0 spiro atoms. The SMILES string of the molecule is CSc1nc(C2CC2)cc(C(=O)NCc2ccccc2N2CCN(C)CC2)c1C#N. The third kappa shape index (κ3) is 4.45. The number of piperazine rings is 1. The molecule has 1 N–H and O–H groups in total. The Morgan fingerprint density at radius 3 is 2.67 bits per heavy atom. The smallest absolute Gasteiger partial charge is 0.253 e. The van der Waals surface area contributed by atoms with Crippen molar-refractivity contribution in [2.45, 2.75) is 30.3 Å². The van der Waals surface area contributed by atoms with Crippen LogP contribution in [0, 0.1) is 11.3 Å². The lowest BCUT2D eigenvalue weighted by Crippen LogP contribution is -2.45. The van der Waals surface area contributed by atoms with E-state index in [-0.39, 0.29) is 5.91 Å². The van der Waals surface area contributed by atoms with Gasteiger partial charge in [0.1, 0.15) is 11.1 Å². The molecule has 1 amide bonds. The summed E-state index contributed by atoms with van der Waals surface area (Å²) in [4.78, 5) is 22.4. The number of amides is 1. The monoisotopic (exact) mass is 421 g/mol. The summed E-state index contributed by atoms with van der Waals surface area (Å²) in [5.41, 5.74) is 4.01. The molecule has 1 aliphatic carbocycles. The van der Waals surface area contributed by atoms with Crippen molar-refractivity contribution >= 4 is 23.4 Å². The second-order valence-corrected chi connectivity index (χ2v) is 8.76. The lowest BCUT2D eigenvalue weighted by Gasteiger charge is -2.35. The molecule has 2 fully saturated rings. The van der Waals surface area contributed by atoms with Crippen LogP contribution in [0.3, 0.4) is 0 Å². The summed E-state index contributed by atoms with van der Waals surface area (Å²) in [6.45, 7) is 4.45. The number of hydrogen-bond acceptors (Lipinski definition) is 6. The molecule has 156 valence electrons. The molecule has 0 bridgehead atoms. The standard InChI is InChI=1S/C23H27N5OS/c1-27-9-11-28(12-10-27)21-6-4-3-5-17(21)15-25-22(29)18-13-20(16-7-8-16)26-23(30-2)19(18)14-24/h3-6,13,16H,7-12,15H2,1-2H3,(H,25,29). The summed E-state index contributed by atoms with van der Waals surface area (Å²) in [5, 5.41) is 13.3. The van der Waals surface area contributed by atoms with Gasteiger partial charge in [-0.05, 0) is 43.8 Å². The number of carbonyl (C=O) groups excluding carboxylic acids is 1. The van der Waals surface area contributed by atoms with Gasteiger partial charge in [-0.15, -0.1) is 11.8 Å². The summed E-state index contributed by atoms with van der Waals surface area (Å²) < 4.78 is 0. The number of pyridine rings is 1. The molecule has 2 aromatic rings. The van der Waals surface area contributed by atoms with Crippen molar-refractivity contribution in [1.82, 2.24) is 15.2 Å². The summed E-state index contributed by atoms with van der Waals surface area (Å²) >= 11 is 1.42. The van der Waals surface area contributed by atoms with Gasteiger partial charge in [-0.2, -0.15) is 5.26 Å². The van der Waals surface area contributed by atoms with Crippen molar-refractivity contribution in [3.05, 3.63) is 52.7 Å². The maximum atomic E-state index is 13.1. The summed E-state index contributed by atoms with van der Waals surface area (Å²) in [6.07, 6.45) is 4.10. The second-order valence-electron chi connectivity index (χ2n) is 7.97. The fraction of sp³-hybridized carbons (Fsp3) is 0.435. The van der Waals surface area contributed by atoms with Crippen LogP contribution in [-0.2, 0) is 6.54 Å². The van der Waals surface area contributed by atoms with Crippen LogP contribution >= 0.6 is 11.8 Å². The molecule has 1 saturated carbocycles. The van der Waals surface area contributed by atoms with Crippen LogP contribution in [0.25, 0.3) is 0 Å². The van der Waals surface area contributed by atoms with Crippen LogP contribution in [0.1, 0.15) is 45.9 Å². The van der Waals surface area contributed by atoms with Gasteiger partial charge in [0.15, 0.2) is 0 Å². The Balaban J connectivity index is 1.53. The molecule has 4 rings (SSSR count). The molecule has 30 heavy (non-hydrogen) atoms. The highest BCUT2D eigenvalue weighted by molar-refractivity contribution is 7.98. The maximum Gasteiger partial charge on any atom is 0.253 e. The number of likely N-dealkylation sites (N-methyl/N-ethyl adjacent to an activating group) is 1. The summed E-state index contributed by atoms with van der Waals surface area (Å²) in [5.74, 6) is 0.215. The van der Waals surface area contributed by atoms with Crippen molar-refractivity contribution in [3.8, 4) is 6.07 Å². The molecule has 1 aromatic carbocycles. The zero-order valence-electron chi connectivity index (χ0n) is 17.5. The number of rotatable bonds is 6. The van der Waals surface area contributed by atoms with Gasteiger partial charge in [-0.25, -0.2) is 4.98 Å². The van der Waals surface area contributed by atoms with Gasteiger partial charge in [0, 0.05) is 50.0 Å². The number of nitrogens with one attached hydrogen (secondary N) is 1. The minimum Gasteiger partial charge on any atom is -0.369 e. The number of carbonyl (C=O) groups is 1. The molecule has 6 nitrogen and oxygen atoms in total. The van der Waals surface area contributed by atoms with E-state index in [1.165, 1.54) is 17.4 Å². The van der Waals surface area contributed by atoms with Gasteiger partial charge in [0.25, 0.3) is 5.91 Å². The molecule has 1 aromatic heterocycles. The highest BCUT2D eigenvalue weighted by Gasteiger charge is 2.28. The number of anilines is 1. The Kier molecular flexibility index (Phi) is 6.26. The third-order valence-corrected chi connectivity index (χ3v) is 6.51. The van der Waals surface area contributed by atoms with Crippen LogP contribution in [-0.4, -0.2) is 55.3 Å². The van der Waals surface area contributed by atoms with Crippen LogP contribution in [0.5, 0.6) is 0 Å². The lowest BCUT2D eigenvalue weighted by molar-refractivity contribution is 0.0950. The lowest BCUT2D eigenvalue weighted by atomic mass is 10.1. The molecular weight excluding hydrogens is 394 g/mol. The van der Waals surface area contributed by atoms with E-state index in [2.05, 4.69) is 45.4 Å². The minimum absolute atomic E-state index is 0.209. The van der Waals surface area contributed by atoms with E-state index in [0.29, 0.717) is 28.6 Å². The van der Waals surface area contributed by atoms with Crippen LogP contribution < -0.4 is 10.2 Å². The van der Waals surface area contributed by atoms with Gasteiger partial charge >= 0.3 is 0 Å². The average molecular weight is 422 g/mol. The first-order chi connectivity index (χ1) is 14.6. The predicted octanol–water partition coefficient (Wildman–Crippen LogP) is 3.23. The van der Waals surface area contributed by atoms with E-state index in [4.69, 9.17) is 0 Å². The zero-order chi connectivity index (χ0) is 21.1. The van der Waals surface area contributed by atoms with Crippen LogP contribution in [0.2, 0.25) is 0 Å². The van der Waals surface area contributed by atoms with E-state index in [1.54, 1.807) is 0 Å². The number of nitriles is 1. The fourth-order valence-corrected chi connectivity index (χ4v) is 4.41. The zero-order valence-corrected chi connectivity index (χ0v) is 18.3. The van der Waals surface area contributed by atoms with E-state index in [1.807, 2.05) is 24.5 Å². The van der Waals surface area contributed by atoms with Gasteiger partial charge in [0.2, 0.25) is 0 Å². The minimum atomic E-state index is -0.209. The molecule has 2 aliphatic rings. The Morgan fingerprint density at radius 1 is 1.27 bits per heavy atom. The molecule has 1 aliphatic heterocycles. The van der Waals surface area contributed by atoms with E-state index < -0.39 is 0 Å². The first-order valence-corrected chi connectivity index (χ1v) is 11.6. The number of nitrogens with zero attached hydrogens (tertiary/aromatic N) is 4. The highest BCUT2D eigenvalue weighted by Crippen LogP contribution is 2.40. The van der Waals surface area contributed by atoms with Crippen LogP contribution in [0.15, 0.2) is 35.4 Å². The Hall–Kier alpha value is -2.56. The Labute approximate surface area is 182 Å². The molecule has 0 atom stereocenters. The summed E-state index contributed by atoms with van der Waals surface area (Å²) in [6, 6.07) is 12.2. The van der Waals surface area contributed by atoms with Gasteiger partial charge in [-0.1, -0.05) is 18.2 Å². The number of benzene rings is 1. The molecular formula is C23H27N5OS. The van der Waals surface area contributed by atoms with Crippen molar-refractivity contribution in [2.24, 2.45) is 0 Å².